The van der Waals surface area contributed by atoms with Crippen LogP contribution in [0.5, 0.6) is 0 Å². The van der Waals surface area contributed by atoms with Crippen molar-refractivity contribution in [1.82, 2.24) is 14.9 Å². The van der Waals surface area contributed by atoms with Crippen molar-refractivity contribution in [3.05, 3.63) is 38.7 Å². The molecule has 0 bridgehead atoms. The van der Waals surface area contributed by atoms with Gasteiger partial charge < -0.3 is 30.5 Å². The molecule has 1 saturated heterocycles. The van der Waals surface area contributed by atoms with E-state index in [-0.39, 0.29) is 25.3 Å². The number of hydrogen-bond donors (Lipinski definition) is 6. The van der Waals surface area contributed by atoms with Crippen LogP contribution in [-0.4, -0.2) is 62.2 Å². The van der Waals surface area contributed by atoms with Crippen LogP contribution >= 0.6 is 15.6 Å². The van der Waals surface area contributed by atoms with Crippen LogP contribution in [0, 0.1) is 0 Å². The minimum atomic E-state index is -5.01. The lowest BCUT2D eigenvalue weighted by Gasteiger charge is -2.20. The molecule has 1 aliphatic heterocycles. The summed E-state index contributed by atoms with van der Waals surface area (Å²) in [7, 11) is -9.48. The predicted molar refractivity (Wildman–Crippen MR) is 110 cm³/mol. The predicted octanol–water partition coefficient (Wildman–Crippen LogP) is -1.50. The molecule has 186 valence electrons. The number of hydrogen-bond acceptors (Lipinski definition) is 10. The number of nitrogens with two attached hydrogens (primary N) is 1. The normalized spacial score (nSPS) is 23.0. The molecule has 33 heavy (non-hydrogen) atoms. The summed E-state index contributed by atoms with van der Waals surface area (Å²) in [4.78, 5) is 65.7. The summed E-state index contributed by atoms with van der Waals surface area (Å²) >= 11 is 0. The number of nitrogens with one attached hydrogen (secondary N) is 2. The highest BCUT2D eigenvalue weighted by Gasteiger charge is 2.42. The monoisotopic (exact) mass is 514 g/mol. The van der Waals surface area contributed by atoms with E-state index in [0.717, 1.165) is 22.9 Å². The van der Waals surface area contributed by atoms with Gasteiger partial charge in [0.05, 0.1) is 25.4 Å². The van der Waals surface area contributed by atoms with Gasteiger partial charge in [-0.3, -0.25) is 32.7 Å². The maximum atomic E-state index is 12.3. The minimum Gasteiger partial charge on any atom is -0.349 e. The van der Waals surface area contributed by atoms with Gasteiger partial charge in [-0.2, -0.15) is 0 Å². The fraction of sp³-hybridized carbons (Fsp3) is 0.533. The van der Waals surface area contributed by atoms with Crippen LogP contribution < -0.4 is 22.3 Å². The number of phosphoric ester groups is 2. The third-order valence-corrected chi connectivity index (χ3v) is 5.75. The quantitative estimate of drug-likeness (QED) is 0.112. The number of phosphoric acid groups is 2. The third-order valence-electron chi connectivity index (χ3n) is 4.14. The Labute approximate surface area is 186 Å². The first-order valence-electron chi connectivity index (χ1n) is 9.38. The van der Waals surface area contributed by atoms with E-state index in [0.29, 0.717) is 0 Å². The standard InChI is InChI=1S/C15H24N4O12P2/c1-2-28-33(26,27)29-7-11-10(31-32(23,24)25)5-13(30-11)19-6-9(14(21)18-15(19)22)3-4-12(20)17-8-16/h3-4,6,10-11,13H,2,5,7-8,16H2,1H3,(H,17,20)(H,26,27)(H,18,21,22)(H2,23,24,25)/b4-3+. The summed E-state index contributed by atoms with van der Waals surface area (Å²) in [6, 6.07) is 0. The van der Waals surface area contributed by atoms with Crippen molar-refractivity contribution in [2.45, 2.75) is 31.8 Å². The number of nitrogens with zero attached hydrogens (tertiary/aromatic N) is 1. The first-order valence-corrected chi connectivity index (χ1v) is 12.4. The van der Waals surface area contributed by atoms with E-state index < -0.39 is 57.8 Å². The van der Waals surface area contributed by atoms with E-state index in [1.807, 2.05) is 4.98 Å². The number of carbonyl (C=O) groups is 1. The molecule has 1 aromatic rings. The van der Waals surface area contributed by atoms with Gasteiger partial charge in [-0.1, -0.05) is 0 Å². The van der Waals surface area contributed by atoms with Crippen LogP contribution in [-0.2, 0) is 32.2 Å². The average Bonchev–Trinajstić information content (AvgIpc) is 3.06. The molecule has 1 aliphatic rings. The summed E-state index contributed by atoms with van der Waals surface area (Å²) < 4.78 is 43.5. The Hall–Kier alpha value is -1.97. The lowest BCUT2D eigenvalue weighted by Crippen LogP contribution is -2.33. The lowest BCUT2D eigenvalue weighted by atomic mass is 10.2. The highest BCUT2D eigenvalue weighted by Crippen LogP contribution is 2.46. The zero-order valence-electron chi connectivity index (χ0n) is 17.2. The van der Waals surface area contributed by atoms with E-state index in [4.69, 9.17) is 24.8 Å². The molecular weight excluding hydrogens is 490 g/mol. The molecular formula is C15H24N4O12P2. The largest absolute Gasteiger partial charge is 0.472 e. The molecule has 16 nitrogen and oxygen atoms in total. The van der Waals surface area contributed by atoms with Gasteiger partial charge in [0.15, 0.2) is 0 Å². The number of aromatic nitrogens is 2. The number of carbonyl (C=O) groups excluding carboxylic acids is 1. The van der Waals surface area contributed by atoms with E-state index in [1.165, 1.54) is 6.92 Å². The Balaban J connectivity index is 2.30. The highest BCUT2D eigenvalue weighted by atomic mass is 31.2. The topological polar surface area (TPSA) is 242 Å². The Morgan fingerprint density at radius 3 is 2.67 bits per heavy atom. The van der Waals surface area contributed by atoms with Crippen molar-refractivity contribution >= 4 is 27.6 Å². The van der Waals surface area contributed by atoms with Gasteiger partial charge in [0.2, 0.25) is 5.91 Å². The number of H-pyrrole nitrogens is 1. The molecule has 4 unspecified atom stereocenters. The van der Waals surface area contributed by atoms with Crippen molar-refractivity contribution in [2.75, 3.05) is 19.9 Å². The van der Waals surface area contributed by atoms with Gasteiger partial charge in [-0.25, -0.2) is 13.9 Å². The van der Waals surface area contributed by atoms with Crippen molar-refractivity contribution in [3.63, 3.8) is 0 Å². The zero-order chi connectivity index (χ0) is 24.8. The Morgan fingerprint density at radius 2 is 2.06 bits per heavy atom. The molecule has 2 rings (SSSR count). The van der Waals surface area contributed by atoms with E-state index >= 15 is 0 Å². The van der Waals surface area contributed by atoms with Crippen LogP contribution in [0.1, 0.15) is 25.1 Å². The van der Waals surface area contributed by atoms with Gasteiger partial charge in [-0.05, 0) is 13.0 Å². The smallest absolute Gasteiger partial charge is 0.349 e. The summed E-state index contributed by atoms with van der Waals surface area (Å²) in [5, 5.41) is 2.27. The summed E-state index contributed by atoms with van der Waals surface area (Å²) in [5.74, 6) is -0.596. The van der Waals surface area contributed by atoms with Crippen molar-refractivity contribution < 1.29 is 46.9 Å². The molecule has 0 aromatic carbocycles. The van der Waals surface area contributed by atoms with E-state index in [9.17, 15) is 28.4 Å². The molecule has 0 saturated carbocycles. The van der Waals surface area contributed by atoms with Crippen molar-refractivity contribution in [3.8, 4) is 0 Å². The molecule has 1 amide bonds. The first-order chi connectivity index (χ1) is 15.3. The number of rotatable bonds is 11. The zero-order valence-corrected chi connectivity index (χ0v) is 19.0. The second-order valence-corrected chi connectivity index (χ2v) is 9.16. The number of amides is 1. The number of ether oxygens (including phenoxy) is 1. The van der Waals surface area contributed by atoms with Gasteiger partial charge in [0.25, 0.3) is 5.56 Å². The van der Waals surface area contributed by atoms with Gasteiger partial charge >= 0.3 is 21.3 Å². The lowest BCUT2D eigenvalue weighted by molar-refractivity contribution is -0.116. The molecule has 1 aromatic heterocycles. The third kappa shape index (κ3) is 8.39. The molecule has 0 spiro atoms. The van der Waals surface area contributed by atoms with Crippen molar-refractivity contribution in [1.29, 1.82) is 0 Å². The molecule has 18 heteroatoms. The maximum Gasteiger partial charge on any atom is 0.472 e. The van der Waals surface area contributed by atoms with Crippen LogP contribution in [0.2, 0.25) is 0 Å². The van der Waals surface area contributed by atoms with Gasteiger partial charge in [0, 0.05) is 18.7 Å². The minimum absolute atomic E-state index is 0.117. The van der Waals surface area contributed by atoms with E-state index in [1.54, 1.807) is 0 Å². The Morgan fingerprint density at radius 1 is 1.36 bits per heavy atom. The average molecular weight is 514 g/mol. The molecule has 2 heterocycles. The Kier molecular flexibility index (Phi) is 9.46. The molecule has 0 aliphatic carbocycles. The Bertz CT molecular complexity index is 1080. The number of aromatic amines is 1. The van der Waals surface area contributed by atoms with Crippen LogP contribution in [0.4, 0.5) is 0 Å². The van der Waals surface area contributed by atoms with E-state index in [2.05, 4.69) is 14.4 Å². The fourth-order valence-electron chi connectivity index (χ4n) is 2.84. The van der Waals surface area contributed by atoms with Crippen LogP contribution in [0.15, 0.2) is 21.9 Å². The summed E-state index contributed by atoms with van der Waals surface area (Å²) in [6.07, 6.45) is -0.982. The van der Waals surface area contributed by atoms with Gasteiger partial charge in [0.1, 0.15) is 18.4 Å². The van der Waals surface area contributed by atoms with Crippen molar-refractivity contribution in [2.24, 2.45) is 5.73 Å². The van der Waals surface area contributed by atoms with Gasteiger partial charge in [-0.15, -0.1) is 0 Å². The van der Waals surface area contributed by atoms with Crippen LogP contribution in [0.25, 0.3) is 6.08 Å². The fourth-order valence-corrected chi connectivity index (χ4v) is 4.15. The highest BCUT2D eigenvalue weighted by molar-refractivity contribution is 7.47. The molecule has 1 fully saturated rings. The molecule has 4 atom stereocenters. The second-order valence-electron chi connectivity index (χ2n) is 6.51. The van der Waals surface area contributed by atoms with Crippen LogP contribution in [0.3, 0.4) is 0 Å². The summed E-state index contributed by atoms with van der Waals surface area (Å²) in [6.45, 7) is 0.502. The molecule has 0 radical (unpaired) electrons. The molecule has 7 N–H and O–H groups in total. The first kappa shape index (κ1) is 27.3. The SMILES string of the molecule is CCOP(=O)(O)OCC1OC(n2cc(/C=C/C(=O)NCN)c(=O)[nH]c2=O)CC1OP(=O)(O)O. The second kappa shape index (κ2) is 11.4. The summed E-state index contributed by atoms with van der Waals surface area (Å²) in [5.41, 5.74) is 3.32. The maximum absolute atomic E-state index is 12.3.